The zero-order valence-corrected chi connectivity index (χ0v) is 9.83. The Morgan fingerprint density at radius 2 is 1.87 bits per heavy atom. The molecule has 0 radical (unpaired) electrons. The van der Waals surface area contributed by atoms with Crippen LogP contribution in [0, 0.1) is 5.92 Å². The molecule has 1 aliphatic rings. The Morgan fingerprint density at radius 1 is 1.27 bits per heavy atom. The molecule has 2 atom stereocenters. The highest BCUT2D eigenvalue weighted by Gasteiger charge is 2.50. The molecule has 0 aromatic rings. The van der Waals surface area contributed by atoms with Crippen LogP contribution in [0.2, 0.25) is 0 Å². The molecule has 0 aromatic carbocycles. The number of hydrogen-bond acceptors (Lipinski definition) is 5. The highest BCUT2D eigenvalue weighted by atomic mass is 17.2. The summed E-state index contributed by atoms with van der Waals surface area (Å²) in [6.07, 6.45) is 0.490. The van der Waals surface area contributed by atoms with E-state index in [9.17, 15) is 4.79 Å². The number of methoxy groups -OCH3 is 2. The summed E-state index contributed by atoms with van der Waals surface area (Å²) in [5, 5.41) is 0. The van der Waals surface area contributed by atoms with Crippen molar-refractivity contribution in [1.29, 1.82) is 0 Å². The lowest BCUT2D eigenvalue weighted by atomic mass is 9.86. The number of rotatable bonds is 2. The second-order valence-electron chi connectivity index (χ2n) is 4.43. The van der Waals surface area contributed by atoms with Gasteiger partial charge < -0.3 is 9.47 Å². The molecule has 0 amide bonds. The SMILES string of the molecule is COC(=O)[C@H]1CC(C)(C)OO[C@]1(C)OC. The zero-order valence-electron chi connectivity index (χ0n) is 9.83. The second kappa shape index (κ2) is 4.08. The van der Waals surface area contributed by atoms with Crippen molar-refractivity contribution in [2.75, 3.05) is 14.2 Å². The monoisotopic (exact) mass is 218 g/mol. The Labute approximate surface area is 89.6 Å². The largest absolute Gasteiger partial charge is 0.469 e. The summed E-state index contributed by atoms with van der Waals surface area (Å²) in [5.74, 6) is -1.92. The topological polar surface area (TPSA) is 54.0 Å². The number of hydrogen-bond donors (Lipinski definition) is 0. The molecular formula is C10H18O5. The van der Waals surface area contributed by atoms with Crippen LogP contribution in [0.3, 0.4) is 0 Å². The van der Waals surface area contributed by atoms with Crippen LogP contribution in [0.15, 0.2) is 0 Å². The van der Waals surface area contributed by atoms with E-state index in [1.807, 2.05) is 13.8 Å². The first-order valence-corrected chi connectivity index (χ1v) is 4.84. The molecule has 0 spiro atoms. The summed E-state index contributed by atoms with van der Waals surface area (Å²) in [4.78, 5) is 21.9. The van der Waals surface area contributed by atoms with Gasteiger partial charge in [-0.05, 0) is 27.2 Å². The smallest absolute Gasteiger partial charge is 0.314 e. The van der Waals surface area contributed by atoms with Gasteiger partial charge in [-0.15, -0.1) is 0 Å². The van der Waals surface area contributed by atoms with Crippen molar-refractivity contribution in [3.63, 3.8) is 0 Å². The van der Waals surface area contributed by atoms with Gasteiger partial charge in [-0.2, -0.15) is 4.89 Å². The van der Waals surface area contributed by atoms with Crippen LogP contribution in [-0.4, -0.2) is 31.6 Å². The Bertz CT molecular complexity index is 250. The Hall–Kier alpha value is -0.650. The van der Waals surface area contributed by atoms with E-state index < -0.39 is 17.3 Å². The molecule has 1 fully saturated rings. The minimum atomic E-state index is -1.08. The van der Waals surface area contributed by atoms with Crippen LogP contribution in [0.25, 0.3) is 0 Å². The lowest BCUT2D eigenvalue weighted by Gasteiger charge is -2.43. The van der Waals surface area contributed by atoms with Gasteiger partial charge in [0.2, 0.25) is 5.79 Å². The van der Waals surface area contributed by atoms with Crippen LogP contribution >= 0.6 is 0 Å². The van der Waals surface area contributed by atoms with Crippen molar-refractivity contribution in [2.24, 2.45) is 5.92 Å². The number of carbonyl (C=O) groups excluding carboxylic acids is 1. The normalized spacial score (nSPS) is 34.9. The third kappa shape index (κ3) is 2.48. The molecule has 0 aromatic heterocycles. The van der Waals surface area contributed by atoms with E-state index in [0.717, 1.165) is 0 Å². The quantitative estimate of drug-likeness (QED) is 0.516. The first kappa shape index (κ1) is 12.4. The predicted octanol–water partition coefficient (Wildman–Crippen LogP) is 1.27. The van der Waals surface area contributed by atoms with Gasteiger partial charge in [0.15, 0.2) is 0 Å². The predicted molar refractivity (Wildman–Crippen MR) is 51.8 cm³/mol. The third-order valence-electron chi connectivity index (χ3n) is 2.65. The second-order valence-corrected chi connectivity index (χ2v) is 4.43. The molecule has 0 N–H and O–H groups in total. The molecule has 0 bridgehead atoms. The van der Waals surface area contributed by atoms with Crippen LogP contribution in [0.5, 0.6) is 0 Å². The maximum atomic E-state index is 11.6. The molecule has 0 aliphatic carbocycles. The van der Waals surface area contributed by atoms with E-state index in [1.54, 1.807) is 6.92 Å². The van der Waals surface area contributed by atoms with Crippen LogP contribution < -0.4 is 0 Å². The number of esters is 1. The lowest BCUT2D eigenvalue weighted by molar-refractivity contribution is -0.490. The standard InChI is InChI=1S/C10H18O5/c1-9(2)6-7(8(11)12-4)10(3,13-5)15-14-9/h7H,6H2,1-5H3/t7-,10+/m1/s1. The van der Waals surface area contributed by atoms with Gasteiger partial charge in [0.25, 0.3) is 0 Å². The highest BCUT2D eigenvalue weighted by Crippen LogP contribution is 2.38. The van der Waals surface area contributed by atoms with Gasteiger partial charge in [0, 0.05) is 7.11 Å². The Morgan fingerprint density at radius 3 is 2.33 bits per heavy atom. The third-order valence-corrected chi connectivity index (χ3v) is 2.65. The van der Waals surface area contributed by atoms with E-state index in [1.165, 1.54) is 14.2 Å². The maximum absolute atomic E-state index is 11.6. The highest BCUT2D eigenvalue weighted by molar-refractivity contribution is 5.73. The van der Waals surface area contributed by atoms with Gasteiger partial charge in [-0.25, -0.2) is 4.89 Å². The van der Waals surface area contributed by atoms with E-state index in [2.05, 4.69) is 0 Å². The summed E-state index contributed by atoms with van der Waals surface area (Å²) >= 11 is 0. The molecule has 1 rings (SSSR count). The zero-order chi connectivity index (χ0) is 11.7. The minimum Gasteiger partial charge on any atom is -0.469 e. The van der Waals surface area contributed by atoms with E-state index in [4.69, 9.17) is 19.2 Å². The summed E-state index contributed by atoms with van der Waals surface area (Å²) in [7, 11) is 2.82. The average molecular weight is 218 g/mol. The molecule has 5 nitrogen and oxygen atoms in total. The lowest BCUT2D eigenvalue weighted by Crippen LogP contribution is -2.53. The van der Waals surface area contributed by atoms with Gasteiger partial charge in [-0.1, -0.05) is 0 Å². The van der Waals surface area contributed by atoms with E-state index in [0.29, 0.717) is 6.42 Å². The molecule has 0 saturated carbocycles. The molecule has 88 valence electrons. The first-order chi connectivity index (χ1) is 6.84. The van der Waals surface area contributed by atoms with Crippen molar-refractivity contribution in [3.05, 3.63) is 0 Å². The molecule has 1 aliphatic heterocycles. The van der Waals surface area contributed by atoms with Crippen molar-refractivity contribution in [3.8, 4) is 0 Å². The van der Waals surface area contributed by atoms with Crippen LogP contribution in [0.1, 0.15) is 27.2 Å². The van der Waals surface area contributed by atoms with E-state index in [-0.39, 0.29) is 5.97 Å². The van der Waals surface area contributed by atoms with Gasteiger partial charge in [-0.3, -0.25) is 4.79 Å². The van der Waals surface area contributed by atoms with Crippen LogP contribution in [-0.2, 0) is 24.0 Å². The van der Waals surface area contributed by atoms with Gasteiger partial charge in [0.1, 0.15) is 5.92 Å². The molecule has 5 heteroatoms. The number of carbonyl (C=O) groups is 1. The first-order valence-electron chi connectivity index (χ1n) is 4.84. The molecule has 0 unspecified atom stereocenters. The van der Waals surface area contributed by atoms with Crippen molar-refractivity contribution in [1.82, 2.24) is 0 Å². The Kier molecular flexibility index (Phi) is 3.38. The Balaban J connectivity index is 2.88. The fourth-order valence-corrected chi connectivity index (χ4v) is 1.58. The molecule has 1 saturated heterocycles. The summed E-state index contributed by atoms with van der Waals surface area (Å²) in [6.45, 7) is 5.35. The van der Waals surface area contributed by atoms with Gasteiger partial charge in [0.05, 0.1) is 12.7 Å². The average Bonchev–Trinajstić information content (AvgIpc) is 2.21. The molecular weight excluding hydrogens is 200 g/mol. The fourth-order valence-electron chi connectivity index (χ4n) is 1.58. The summed E-state index contributed by atoms with van der Waals surface area (Å²) < 4.78 is 9.89. The minimum absolute atomic E-state index is 0.351. The molecule has 1 heterocycles. The fraction of sp³-hybridized carbons (Fsp3) is 0.900. The van der Waals surface area contributed by atoms with Crippen molar-refractivity contribution < 1.29 is 24.0 Å². The van der Waals surface area contributed by atoms with E-state index >= 15 is 0 Å². The van der Waals surface area contributed by atoms with Crippen LogP contribution in [0.4, 0.5) is 0 Å². The number of ether oxygens (including phenoxy) is 2. The van der Waals surface area contributed by atoms with Crippen molar-refractivity contribution in [2.45, 2.75) is 38.6 Å². The van der Waals surface area contributed by atoms with Gasteiger partial charge >= 0.3 is 5.97 Å². The van der Waals surface area contributed by atoms with Crippen molar-refractivity contribution >= 4 is 5.97 Å². The summed E-state index contributed by atoms with van der Waals surface area (Å²) in [5.41, 5.74) is -0.517. The maximum Gasteiger partial charge on any atom is 0.314 e. The summed E-state index contributed by atoms with van der Waals surface area (Å²) in [6, 6.07) is 0. The molecule has 15 heavy (non-hydrogen) atoms.